The van der Waals surface area contributed by atoms with E-state index in [0.29, 0.717) is 12.1 Å². The molecule has 1 rings (SSSR count). The zero-order valence-electron chi connectivity index (χ0n) is 7.66. The molecule has 0 unspecified atom stereocenters. The number of thiazole rings is 1. The minimum atomic E-state index is -1.25. The predicted molar refractivity (Wildman–Crippen MR) is 51.9 cm³/mol. The minimum Gasteiger partial charge on any atom is -0.542 e. The van der Waals surface area contributed by atoms with Crippen molar-refractivity contribution < 1.29 is 9.90 Å². The summed E-state index contributed by atoms with van der Waals surface area (Å²) >= 11 is 1.03. The van der Waals surface area contributed by atoms with Crippen molar-refractivity contribution in [3.63, 3.8) is 0 Å². The van der Waals surface area contributed by atoms with Gasteiger partial charge in [0.25, 0.3) is 0 Å². The van der Waals surface area contributed by atoms with Crippen LogP contribution in [0.4, 0.5) is 0 Å². The maximum Gasteiger partial charge on any atom is 0.140 e. The van der Waals surface area contributed by atoms with E-state index < -0.39 is 5.97 Å². The maximum atomic E-state index is 10.4. The Labute approximate surface area is 86.0 Å². The van der Waals surface area contributed by atoms with Crippen molar-refractivity contribution in [2.75, 3.05) is 13.6 Å². The Hall–Kier alpha value is -1.38. The number of carboxylic acids is 1. The van der Waals surface area contributed by atoms with Gasteiger partial charge in [-0.2, -0.15) is 0 Å². The summed E-state index contributed by atoms with van der Waals surface area (Å²) in [6.07, 6.45) is 0.717. The summed E-state index contributed by atoms with van der Waals surface area (Å²) in [5, 5.41) is 14.9. The Balaban J connectivity index is 2.58. The van der Waals surface area contributed by atoms with Crippen LogP contribution in [0.5, 0.6) is 0 Å². The van der Waals surface area contributed by atoms with Gasteiger partial charge >= 0.3 is 0 Å². The third kappa shape index (κ3) is 3.17. The second-order valence-corrected chi connectivity index (χ2v) is 3.34. The number of hydrogen-bond acceptors (Lipinski definition) is 5. The van der Waals surface area contributed by atoms with Crippen molar-refractivity contribution in [1.82, 2.24) is 10.3 Å². The Morgan fingerprint density at radius 2 is 2.57 bits per heavy atom. The van der Waals surface area contributed by atoms with Crippen LogP contribution in [-0.4, -0.2) is 24.5 Å². The SMILES string of the molecule is CNCCC#Cc1csc(C(=O)[O-])n1. The molecule has 5 heteroatoms. The summed E-state index contributed by atoms with van der Waals surface area (Å²) in [5.41, 5.74) is 0.491. The molecule has 0 saturated heterocycles. The summed E-state index contributed by atoms with van der Waals surface area (Å²) in [4.78, 5) is 14.1. The van der Waals surface area contributed by atoms with Gasteiger partial charge in [0.2, 0.25) is 0 Å². The highest BCUT2D eigenvalue weighted by molar-refractivity contribution is 7.11. The van der Waals surface area contributed by atoms with E-state index in [1.165, 1.54) is 0 Å². The molecule has 0 atom stereocenters. The van der Waals surface area contributed by atoms with E-state index in [4.69, 9.17) is 0 Å². The lowest BCUT2D eigenvalue weighted by Crippen LogP contribution is -2.21. The molecule has 1 aromatic heterocycles. The molecule has 0 amide bonds. The number of nitrogens with zero attached hydrogens (tertiary/aromatic N) is 1. The van der Waals surface area contributed by atoms with Crippen molar-refractivity contribution >= 4 is 17.3 Å². The first-order chi connectivity index (χ1) is 6.74. The van der Waals surface area contributed by atoms with E-state index in [0.717, 1.165) is 17.9 Å². The zero-order valence-corrected chi connectivity index (χ0v) is 8.48. The van der Waals surface area contributed by atoms with E-state index in [1.54, 1.807) is 5.38 Å². The first kappa shape index (κ1) is 10.7. The highest BCUT2D eigenvalue weighted by Crippen LogP contribution is 2.07. The normalized spacial score (nSPS) is 9.21. The summed E-state index contributed by atoms with van der Waals surface area (Å²) in [7, 11) is 1.85. The molecule has 0 aliphatic rings. The van der Waals surface area contributed by atoms with Gasteiger partial charge in [-0.15, -0.1) is 11.3 Å². The third-order valence-electron chi connectivity index (χ3n) is 1.40. The van der Waals surface area contributed by atoms with Gasteiger partial charge in [-0.05, 0) is 13.0 Å². The van der Waals surface area contributed by atoms with Gasteiger partial charge in [-0.3, -0.25) is 0 Å². The fourth-order valence-electron chi connectivity index (χ4n) is 0.765. The molecule has 1 N–H and O–H groups in total. The van der Waals surface area contributed by atoms with Gasteiger partial charge in [0.15, 0.2) is 0 Å². The van der Waals surface area contributed by atoms with E-state index in [-0.39, 0.29) is 5.01 Å². The van der Waals surface area contributed by atoms with Crippen molar-refractivity contribution in [1.29, 1.82) is 0 Å². The van der Waals surface area contributed by atoms with Gasteiger partial charge in [0.1, 0.15) is 16.7 Å². The number of nitrogens with one attached hydrogen (secondary N) is 1. The average molecular weight is 209 g/mol. The number of carbonyl (C=O) groups is 1. The van der Waals surface area contributed by atoms with Crippen LogP contribution >= 0.6 is 11.3 Å². The van der Waals surface area contributed by atoms with Crippen LogP contribution < -0.4 is 10.4 Å². The number of aromatic carboxylic acids is 1. The van der Waals surface area contributed by atoms with Crippen LogP contribution in [0.15, 0.2) is 5.38 Å². The van der Waals surface area contributed by atoms with Crippen LogP contribution in [0.1, 0.15) is 21.9 Å². The summed E-state index contributed by atoms with van der Waals surface area (Å²) < 4.78 is 0. The van der Waals surface area contributed by atoms with Gasteiger partial charge in [-0.1, -0.05) is 5.92 Å². The smallest absolute Gasteiger partial charge is 0.140 e. The molecule has 0 radical (unpaired) electrons. The summed E-state index contributed by atoms with van der Waals surface area (Å²) in [5.74, 6) is 4.39. The molecule has 0 aliphatic carbocycles. The summed E-state index contributed by atoms with van der Waals surface area (Å²) in [6.45, 7) is 0.810. The molecule has 0 bridgehead atoms. The van der Waals surface area contributed by atoms with Gasteiger partial charge < -0.3 is 15.2 Å². The molecule has 1 aromatic rings. The number of carbonyl (C=O) groups excluding carboxylic acids is 1. The lowest BCUT2D eigenvalue weighted by molar-refractivity contribution is -0.255. The third-order valence-corrected chi connectivity index (χ3v) is 2.22. The second-order valence-electron chi connectivity index (χ2n) is 2.48. The highest BCUT2D eigenvalue weighted by atomic mass is 32.1. The van der Waals surface area contributed by atoms with E-state index in [9.17, 15) is 9.90 Å². The monoisotopic (exact) mass is 209 g/mol. The largest absolute Gasteiger partial charge is 0.542 e. The Morgan fingerprint density at radius 1 is 1.79 bits per heavy atom. The Kier molecular flexibility index (Phi) is 4.11. The molecule has 0 aliphatic heterocycles. The van der Waals surface area contributed by atoms with Crippen molar-refractivity contribution in [3.8, 4) is 11.8 Å². The molecule has 0 saturated carbocycles. The van der Waals surface area contributed by atoms with Crippen LogP contribution in [0.2, 0.25) is 0 Å². The zero-order chi connectivity index (χ0) is 10.4. The highest BCUT2D eigenvalue weighted by Gasteiger charge is 1.98. The molecule has 74 valence electrons. The van der Waals surface area contributed by atoms with Crippen LogP contribution in [0.25, 0.3) is 0 Å². The van der Waals surface area contributed by atoms with Gasteiger partial charge in [0, 0.05) is 18.3 Å². The second kappa shape index (κ2) is 5.37. The molecular weight excluding hydrogens is 200 g/mol. The van der Waals surface area contributed by atoms with E-state index >= 15 is 0 Å². The lowest BCUT2D eigenvalue weighted by atomic mass is 10.4. The number of hydrogen-bond donors (Lipinski definition) is 1. The van der Waals surface area contributed by atoms with Gasteiger partial charge in [-0.25, -0.2) is 4.98 Å². The molecule has 0 spiro atoms. The molecule has 14 heavy (non-hydrogen) atoms. The first-order valence-electron chi connectivity index (χ1n) is 4.04. The van der Waals surface area contributed by atoms with E-state index in [1.807, 2.05) is 7.05 Å². The fraction of sp³-hybridized carbons (Fsp3) is 0.333. The maximum absolute atomic E-state index is 10.4. The Bertz CT molecular complexity index is 376. The number of rotatable bonds is 3. The molecule has 0 aromatic carbocycles. The quantitative estimate of drug-likeness (QED) is 0.537. The molecule has 1 heterocycles. The van der Waals surface area contributed by atoms with E-state index in [2.05, 4.69) is 22.1 Å². The van der Waals surface area contributed by atoms with Crippen molar-refractivity contribution in [3.05, 3.63) is 16.1 Å². The number of carboxylic acid groups (broad SMARTS) is 1. The number of aromatic nitrogens is 1. The average Bonchev–Trinajstić information content (AvgIpc) is 2.61. The van der Waals surface area contributed by atoms with Crippen LogP contribution in [0.3, 0.4) is 0 Å². The molecule has 0 fully saturated rings. The minimum absolute atomic E-state index is 0.0251. The van der Waals surface area contributed by atoms with Crippen LogP contribution in [-0.2, 0) is 0 Å². The Morgan fingerprint density at radius 3 is 3.14 bits per heavy atom. The van der Waals surface area contributed by atoms with Gasteiger partial charge in [0.05, 0.1) is 0 Å². The fourth-order valence-corrected chi connectivity index (χ4v) is 1.35. The first-order valence-corrected chi connectivity index (χ1v) is 4.92. The van der Waals surface area contributed by atoms with Crippen LogP contribution in [0, 0.1) is 11.8 Å². The summed E-state index contributed by atoms with van der Waals surface area (Å²) in [6, 6.07) is 0. The predicted octanol–water partition coefficient (Wildman–Crippen LogP) is -0.532. The molecular formula is C9H9N2O2S-. The molecule has 4 nitrogen and oxygen atoms in total. The lowest BCUT2D eigenvalue weighted by Gasteiger charge is -1.91. The van der Waals surface area contributed by atoms with Crippen molar-refractivity contribution in [2.45, 2.75) is 6.42 Å². The van der Waals surface area contributed by atoms with Crippen molar-refractivity contribution in [2.24, 2.45) is 0 Å². The standard InChI is InChI=1S/C9H10N2O2S/c1-10-5-3-2-4-7-6-14-8(11-7)9(12)13/h6,10H,3,5H2,1H3,(H,12,13)/p-1. The topological polar surface area (TPSA) is 65.0 Å².